The molecule has 0 spiro atoms. The Bertz CT molecular complexity index is 758. The van der Waals surface area contributed by atoms with Crippen LogP contribution in [0.3, 0.4) is 0 Å². The van der Waals surface area contributed by atoms with E-state index in [0.717, 1.165) is 5.56 Å². The summed E-state index contributed by atoms with van der Waals surface area (Å²) in [6.45, 7) is 3.48. The standard InChI is InChI=1S/C20H21NO4/c1-20(2,24-3)25-17-16(14-10-6-4-7-11-14)21(19(17)23)18(22)15-12-8-5-9-13-15/h4-13,16-17H,1-3H3/t16-,17+/m0/s1. The number of rotatable bonds is 5. The molecule has 5 nitrogen and oxygen atoms in total. The summed E-state index contributed by atoms with van der Waals surface area (Å²) in [5, 5.41) is 0. The topological polar surface area (TPSA) is 55.8 Å². The molecule has 2 amide bonds. The minimum absolute atomic E-state index is 0.325. The minimum Gasteiger partial charge on any atom is -0.354 e. The van der Waals surface area contributed by atoms with Gasteiger partial charge >= 0.3 is 0 Å². The molecule has 2 aromatic rings. The Morgan fingerprint density at radius 2 is 1.56 bits per heavy atom. The molecular formula is C20H21NO4. The molecule has 0 aliphatic carbocycles. The smallest absolute Gasteiger partial charge is 0.261 e. The van der Waals surface area contributed by atoms with E-state index in [9.17, 15) is 9.59 Å². The summed E-state index contributed by atoms with van der Waals surface area (Å²) in [7, 11) is 1.52. The van der Waals surface area contributed by atoms with E-state index in [-0.39, 0.29) is 11.8 Å². The van der Waals surface area contributed by atoms with E-state index in [0.29, 0.717) is 5.56 Å². The number of methoxy groups -OCH3 is 1. The molecule has 1 fully saturated rings. The summed E-state index contributed by atoms with van der Waals surface area (Å²) >= 11 is 0. The van der Waals surface area contributed by atoms with Crippen molar-refractivity contribution in [2.75, 3.05) is 7.11 Å². The molecule has 2 aromatic carbocycles. The number of nitrogens with zero attached hydrogens (tertiary/aromatic N) is 1. The summed E-state index contributed by atoms with van der Waals surface area (Å²) in [5.74, 6) is -1.60. The van der Waals surface area contributed by atoms with Gasteiger partial charge in [-0.15, -0.1) is 0 Å². The predicted molar refractivity (Wildman–Crippen MR) is 92.8 cm³/mol. The second-order valence-corrected chi connectivity index (χ2v) is 6.38. The number of amides is 2. The van der Waals surface area contributed by atoms with Crippen molar-refractivity contribution >= 4 is 11.8 Å². The van der Waals surface area contributed by atoms with Crippen LogP contribution in [0.4, 0.5) is 0 Å². The summed E-state index contributed by atoms with van der Waals surface area (Å²) in [6, 6.07) is 17.7. The predicted octanol–water partition coefficient (Wildman–Crippen LogP) is 3.18. The van der Waals surface area contributed by atoms with Crippen molar-refractivity contribution < 1.29 is 19.1 Å². The highest BCUT2D eigenvalue weighted by Gasteiger charge is 2.54. The van der Waals surface area contributed by atoms with Crippen molar-refractivity contribution in [3.8, 4) is 0 Å². The summed E-state index contributed by atoms with van der Waals surface area (Å²) in [6.07, 6.45) is -0.759. The molecule has 5 heteroatoms. The van der Waals surface area contributed by atoms with Gasteiger partial charge in [-0.2, -0.15) is 0 Å². The average Bonchev–Trinajstić information content (AvgIpc) is 2.65. The number of β-lactam (4-membered cyclic amide) rings is 1. The van der Waals surface area contributed by atoms with Crippen molar-refractivity contribution in [3.05, 3.63) is 71.8 Å². The maximum Gasteiger partial charge on any atom is 0.261 e. The summed E-state index contributed by atoms with van der Waals surface area (Å²) in [4.78, 5) is 26.8. The number of hydrogen-bond donors (Lipinski definition) is 0. The first-order valence-electron chi connectivity index (χ1n) is 8.15. The Hall–Kier alpha value is -2.50. The van der Waals surface area contributed by atoms with Crippen molar-refractivity contribution in [3.63, 3.8) is 0 Å². The second kappa shape index (κ2) is 6.78. The third kappa shape index (κ3) is 3.34. The van der Waals surface area contributed by atoms with Gasteiger partial charge in [0.2, 0.25) is 0 Å². The van der Waals surface area contributed by atoms with E-state index < -0.39 is 17.9 Å². The number of benzene rings is 2. The molecule has 1 saturated heterocycles. The van der Waals surface area contributed by atoms with Crippen molar-refractivity contribution in [1.29, 1.82) is 0 Å². The van der Waals surface area contributed by atoms with Gasteiger partial charge in [-0.25, -0.2) is 0 Å². The number of carbonyl (C=O) groups excluding carboxylic acids is 2. The number of ether oxygens (including phenoxy) is 2. The van der Waals surface area contributed by atoms with E-state index >= 15 is 0 Å². The molecule has 0 saturated carbocycles. The largest absolute Gasteiger partial charge is 0.354 e. The second-order valence-electron chi connectivity index (χ2n) is 6.38. The van der Waals surface area contributed by atoms with Crippen LogP contribution in [0.5, 0.6) is 0 Å². The van der Waals surface area contributed by atoms with Gasteiger partial charge in [-0.05, 0) is 31.5 Å². The zero-order valence-electron chi connectivity index (χ0n) is 14.5. The van der Waals surface area contributed by atoms with Gasteiger partial charge in [0.1, 0.15) is 6.04 Å². The normalized spacial score (nSPS) is 20.3. The molecule has 0 unspecified atom stereocenters. The summed E-state index contributed by atoms with van der Waals surface area (Å²) < 4.78 is 11.1. The van der Waals surface area contributed by atoms with Crippen LogP contribution in [-0.4, -0.2) is 35.7 Å². The van der Waals surface area contributed by atoms with Crippen LogP contribution in [0.15, 0.2) is 60.7 Å². The average molecular weight is 339 g/mol. The molecule has 0 aromatic heterocycles. The molecule has 0 bridgehead atoms. The monoisotopic (exact) mass is 339 g/mol. The minimum atomic E-state index is -0.921. The van der Waals surface area contributed by atoms with Crippen LogP contribution in [0.2, 0.25) is 0 Å². The van der Waals surface area contributed by atoms with Crippen molar-refractivity contribution in [1.82, 2.24) is 4.90 Å². The van der Waals surface area contributed by atoms with Gasteiger partial charge in [-0.1, -0.05) is 48.5 Å². The molecule has 25 heavy (non-hydrogen) atoms. The first-order valence-corrected chi connectivity index (χ1v) is 8.15. The van der Waals surface area contributed by atoms with Gasteiger partial charge in [0.05, 0.1) is 0 Å². The van der Waals surface area contributed by atoms with E-state index in [1.165, 1.54) is 12.0 Å². The van der Waals surface area contributed by atoms with E-state index in [4.69, 9.17) is 9.47 Å². The molecule has 2 atom stereocenters. The Morgan fingerprint density at radius 3 is 2.12 bits per heavy atom. The highest BCUT2D eigenvalue weighted by Crippen LogP contribution is 2.40. The number of carbonyl (C=O) groups is 2. The molecule has 0 N–H and O–H groups in total. The molecule has 1 aliphatic heterocycles. The maximum atomic E-state index is 12.8. The van der Waals surface area contributed by atoms with E-state index in [2.05, 4.69) is 0 Å². The van der Waals surface area contributed by atoms with Crippen LogP contribution in [-0.2, 0) is 14.3 Å². The Balaban J connectivity index is 1.93. The first-order chi connectivity index (χ1) is 11.9. The molecular weight excluding hydrogens is 318 g/mol. The SMILES string of the molecule is COC(C)(C)O[C@H]1C(=O)N(C(=O)c2ccccc2)[C@H]1c1ccccc1. The molecule has 3 rings (SSSR count). The molecule has 0 radical (unpaired) electrons. The van der Waals surface area contributed by atoms with Gasteiger partial charge < -0.3 is 9.47 Å². The molecule has 130 valence electrons. The highest BCUT2D eigenvalue weighted by molar-refractivity contribution is 6.10. The van der Waals surface area contributed by atoms with Gasteiger partial charge in [-0.3, -0.25) is 14.5 Å². The number of hydrogen-bond acceptors (Lipinski definition) is 4. The molecule has 1 aliphatic rings. The Morgan fingerprint density at radius 1 is 1.00 bits per heavy atom. The zero-order valence-corrected chi connectivity index (χ0v) is 14.5. The van der Waals surface area contributed by atoms with E-state index in [1.807, 2.05) is 36.4 Å². The Labute approximate surface area is 147 Å². The highest BCUT2D eigenvalue weighted by atomic mass is 16.7. The summed E-state index contributed by atoms with van der Waals surface area (Å²) in [5.41, 5.74) is 1.32. The van der Waals surface area contributed by atoms with Crippen LogP contribution in [0.25, 0.3) is 0 Å². The zero-order chi connectivity index (χ0) is 18.0. The van der Waals surface area contributed by atoms with Crippen LogP contribution < -0.4 is 0 Å². The van der Waals surface area contributed by atoms with Crippen molar-refractivity contribution in [2.45, 2.75) is 31.8 Å². The van der Waals surface area contributed by atoms with Gasteiger partial charge in [0.25, 0.3) is 11.8 Å². The molecule has 1 heterocycles. The Kier molecular flexibility index (Phi) is 4.70. The van der Waals surface area contributed by atoms with Gasteiger partial charge in [0.15, 0.2) is 11.9 Å². The lowest BCUT2D eigenvalue weighted by Crippen LogP contribution is -2.63. The third-order valence-corrected chi connectivity index (χ3v) is 4.33. The lowest BCUT2D eigenvalue weighted by molar-refractivity contribution is -0.250. The van der Waals surface area contributed by atoms with Crippen LogP contribution in [0, 0.1) is 0 Å². The first kappa shape index (κ1) is 17.3. The van der Waals surface area contributed by atoms with Crippen LogP contribution in [0.1, 0.15) is 35.8 Å². The fraction of sp³-hybridized carbons (Fsp3) is 0.300. The maximum absolute atomic E-state index is 12.8. The quantitative estimate of drug-likeness (QED) is 0.477. The van der Waals surface area contributed by atoms with Crippen molar-refractivity contribution in [2.24, 2.45) is 0 Å². The third-order valence-electron chi connectivity index (χ3n) is 4.33. The number of imide groups is 1. The lowest BCUT2D eigenvalue weighted by Gasteiger charge is -2.47. The van der Waals surface area contributed by atoms with E-state index in [1.54, 1.807) is 38.1 Å². The fourth-order valence-corrected chi connectivity index (χ4v) is 2.85. The number of likely N-dealkylation sites (tertiary alicyclic amines) is 1. The van der Waals surface area contributed by atoms with Crippen LogP contribution >= 0.6 is 0 Å². The fourth-order valence-electron chi connectivity index (χ4n) is 2.85. The lowest BCUT2D eigenvalue weighted by atomic mass is 9.89. The van der Waals surface area contributed by atoms with Gasteiger partial charge in [0, 0.05) is 12.7 Å².